The second kappa shape index (κ2) is 16.0. The summed E-state index contributed by atoms with van der Waals surface area (Å²) in [4.78, 5) is 20.2. The molecule has 1 aromatic heterocycles. The number of nitrogens with zero attached hydrogens (tertiary/aromatic N) is 2. The van der Waals surface area contributed by atoms with Gasteiger partial charge in [0.05, 0.1) is 43.4 Å². The summed E-state index contributed by atoms with van der Waals surface area (Å²) in [5, 5.41) is 10.5. The van der Waals surface area contributed by atoms with Crippen molar-refractivity contribution in [3.63, 3.8) is 0 Å². The molecule has 0 bridgehead atoms. The molecule has 0 aliphatic carbocycles. The largest absolute Gasteiger partial charge is 0.493 e. The molecule has 1 atom stereocenters. The van der Waals surface area contributed by atoms with Gasteiger partial charge in [-0.25, -0.2) is 9.18 Å². The molecule has 1 aliphatic heterocycles. The predicted octanol–water partition coefficient (Wildman–Crippen LogP) is 7.94. The van der Waals surface area contributed by atoms with Gasteiger partial charge < -0.3 is 29.0 Å². The Morgan fingerprint density at radius 3 is 2.23 bits per heavy atom. The van der Waals surface area contributed by atoms with Crippen LogP contribution < -0.4 is 9.64 Å². The molecule has 256 valence electrons. The number of pyridine rings is 1. The lowest BCUT2D eigenvalue weighted by Crippen LogP contribution is -2.39. The quantitative estimate of drug-likeness (QED) is 0.166. The van der Waals surface area contributed by atoms with Crippen LogP contribution in [0, 0.1) is 18.2 Å². The first-order chi connectivity index (χ1) is 22.3. The molecular formula is C38H51FN2O6. The summed E-state index contributed by atoms with van der Waals surface area (Å²) < 4.78 is 37.1. The van der Waals surface area contributed by atoms with E-state index >= 15 is 0 Å². The van der Waals surface area contributed by atoms with Crippen LogP contribution in [0.5, 0.6) is 5.75 Å². The maximum Gasteiger partial charge on any atom is 0.337 e. The molecule has 0 radical (unpaired) electrons. The highest BCUT2D eigenvalue weighted by Gasteiger charge is 2.37. The van der Waals surface area contributed by atoms with E-state index in [1.807, 2.05) is 58.9 Å². The molecule has 1 aliphatic rings. The van der Waals surface area contributed by atoms with Gasteiger partial charge in [0.25, 0.3) is 0 Å². The fourth-order valence-corrected chi connectivity index (χ4v) is 5.82. The summed E-state index contributed by atoms with van der Waals surface area (Å²) in [5.74, 6) is -0.614. The van der Waals surface area contributed by atoms with E-state index in [2.05, 4.69) is 18.7 Å². The molecule has 8 nitrogen and oxygen atoms in total. The third-order valence-electron chi connectivity index (χ3n) is 8.39. The van der Waals surface area contributed by atoms with Crippen LogP contribution in [-0.4, -0.2) is 61.2 Å². The molecule has 1 unspecified atom stereocenters. The number of aryl methyl sites for hydroxylation is 1. The van der Waals surface area contributed by atoms with Crippen molar-refractivity contribution >= 4 is 11.7 Å². The standard InChI is InChI=1S/C38H51FN2O6/c1-8-44-23-24-45-25-31-33(28-11-15-30(16-12-28)46-22-17-27-9-13-29(39)14-10-27)34(41-20-18-38(6,7)19-21-41)32(26(2)40-31)35(36(42)43)47-37(3,4)5/h9-16,35H,8,17-25H2,1-7H3,(H,42,43). The van der Waals surface area contributed by atoms with Crippen LogP contribution in [0.4, 0.5) is 10.1 Å². The third-order valence-corrected chi connectivity index (χ3v) is 8.39. The first-order valence-electron chi connectivity index (χ1n) is 16.6. The molecule has 47 heavy (non-hydrogen) atoms. The minimum Gasteiger partial charge on any atom is -0.493 e. The van der Waals surface area contributed by atoms with Crippen molar-refractivity contribution in [2.75, 3.05) is 44.4 Å². The number of piperidine rings is 1. The number of halogens is 1. The highest BCUT2D eigenvalue weighted by Crippen LogP contribution is 2.45. The van der Waals surface area contributed by atoms with Gasteiger partial charge >= 0.3 is 5.97 Å². The Morgan fingerprint density at radius 1 is 1.00 bits per heavy atom. The van der Waals surface area contributed by atoms with Crippen molar-refractivity contribution in [3.05, 3.63) is 76.9 Å². The van der Waals surface area contributed by atoms with Gasteiger partial charge in [-0.2, -0.15) is 0 Å². The van der Waals surface area contributed by atoms with Crippen molar-refractivity contribution in [1.29, 1.82) is 0 Å². The lowest BCUT2D eigenvalue weighted by atomic mass is 9.81. The van der Waals surface area contributed by atoms with E-state index in [1.54, 1.807) is 12.1 Å². The van der Waals surface area contributed by atoms with Crippen LogP contribution >= 0.6 is 0 Å². The molecule has 4 rings (SSSR count). The van der Waals surface area contributed by atoms with E-state index in [-0.39, 0.29) is 17.8 Å². The van der Waals surface area contributed by atoms with Crippen LogP contribution in [0.15, 0.2) is 48.5 Å². The fraction of sp³-hybridized carbons (Fsp3) is 0.526. The van der Waals surface area contributed by atoms with Gasteiger partial charge in [-0.1, -0.05) is 38.1 Å². The number of carboxylic acid groups (broad SMARTS) is 1. The average molecular weight is 651 g/mol. The number of aromatic nitrogens is 1. The molecule has 9 heteroatoms. The second-order valence-electron chi connectivity index (χ2n) is 13.9. The zero-order valence-corrected chi connectivity index (χ0v) is 29.0. The highest BCUT2D eigenvalue weighted by atomic mass is 19.1. The smallest absolute Gasteiger partial charge is 0.337 e. The monoisotopic (exact) mass is 650 g/mol. The SMILES string of the molecule is CCOCCOCc1nc(C)c(C(OC(C)(C)C)C(=O)O)c(N2CCC(C)(C)CC2)c1-c1ccc(OCCc2ccc(F)cc2)cc1. The molecular weight excluding hydrogens is 599 g/mol. The zero-order chi connectivity index (χ0) is 34.2. The van der Waals surface area contributed by atoms with Gasteiger partial charge in [0.15, 0.2) is 6.10 Å². The Labute approximate surface area is 279 Å². The van der Waals surface area contributed by atoms with Crippen LogP contribution in [0.1, 0.15) is 83.0 Å². The summed E-state index contributed by atoms with van der Waals surface area (Å²) in [6.07, 6.45) is 1.36. The van der Waals surface area contributed by atoms with Gasteiger partial charge in [0.1, 0.15) is 11.6 Å². The molecule has 2 heterocycles. The van der Waals surface area contributed by atoms with Crippen molar-refractivity contribution in [1.82, 2.24) is 4.98 Å². The van der Waals surface area contributed by atoms with Crippen LogP contribution in [0.2, 0.25) is 0 Å². The summed E-state index contributed by atoms with van der Waals surface area (Å²) in [5.41, 5.74) is 4.93. The first-order valence-corrected chi connectivity index (χ1v) is 16.6. The summed E-state index contributed by atoms with van der Waals surface area (Å²) in [6, 6.07) is 14.3. The van der Waals surface area contributed by atoms with E-state index < -0.39 is 17.7 Å². The van der Waals surface area contributed by atoms with Crippen LogP contribution in [0.25, 0.3) is 11.1 Å². The van der Waals surface area contributed by atoms with Crippen molar-refractivity contribution in [3.8, 4) is 16.9 Å². The minimum absolute atomic E-state index is 0.186. The molecule has 2 aromatic carbocycles. The van der Waals surface area contributed by atoms with E-state index in [0.29, 0.717) is 49.9 Å². The fourth-order valence-electron chi connectivity index (χ4n) is 5.82. The molecule has 3 aromatic rings. The lowest BCUT2D eigenvalue weighted by Gasteiger charge is -2.41. The summed E-state index contributed by atoms with van der Waals surface area (Å²) in [7, 11) is 0. The number of rotatable bonds is 15. The molecule has 0 amide bonds. The Bertz CT molecular complexity index is 1460. The highest BCUT2D eigenvalue weighted by molar-refractivity contribution is 5.88. The predicted molar refractivity (Wildman–Crippen MR) is 183 cm³/mol. The summed E-state index contributed by atoms with van der Waals surface area (Å²) in [6.45, 7) is 17.7. The third kappa shape index (κ3) is 10.2. The zero-order valence-electron chi connectivity index (χ0n) is 29.0. The van der Waals surface area contributed by atoms with Gasteiger partial charge in [-0.15, -0.1) is 0 Å². The average Bonchev–Trinajstić information content (AvgIpc) is 3.01. The minimum atomic E-state index is -1.21. The van der Waals surface area contributed by atoms with E-state index in [1.165, 1.54) is 12.1 Å². The Hall–Kier alpha value is -3.53. The molecule has 0 saturated carbocycles. The molecule has 1 saturated heterocycles. The van der Waals surface area contributed by atoms with Gasteiger partial charge in [-0.05, 0) is 88.3 Å². The summed E-state index contributed by atoms with van der Waals surface area (Å²) >= 11 is 0. The van der Waals surface area contributed by atoms with Crippen molar-refractivity contribution in [2.24, 2.45) is 5.41 Å². The van der Waals surface area contributed by atoms with Gasteiger partial charge in [-0.3, -0.25) is 4.98 Å². The number of carboxylic acids is 1. The number of anilines is 1. The lowest BCUT2D eigenvalue weighted by molar-refractivity contribution is -0.160. The van der Waals surface area contributed by atoms with E-state index in [0.717, 1.165) is 54.0 Å². The normalized spacial score (nSPS) is 15.4. The maximum absolute atomic E-state index is 13.3. The topological polar surface area (TPSA) is 90.3 Å². The number of carbonyl (C=O) groups is 1. The Kier molecular flexibility index (Phi) is 12.4. The van der Waals surface area contributed by atoms with Crippen molar-refractivity contribution in [2.45, 2.75) is 86.0 Å². The maximum atomic E-state index is 13.3. The number of benzene rings is 2. The molecule has 1 N–H and O–H groups in total. The molecule has 1 fully saturated rings. The van der Waals surface area contributed by atoms with Gasteiger partial charge in [0, 0.05) is 42.9 Å². The van der Waals surface area contributed by atoms with E-state index in [4.69, 9.17) is 23.9 Å². The Balaban J connectivity index is 1.78. The van der Waals surface area contributed by atoms with E-state index in [9.17, 15) is 14.3 Å². The van der Waals surface area contributed by atoms with Gasteiger partial charge in [0.2, 0.25) is 0 Å². The number of hydrogen-bond acceptors (Lipinski definition) is 7. The molecule has 0 spiro atoms. The van der Waals surface area contributed by atoms with Crippen LogP contribution in [0.3, 0.4) is 0 Å². The number of hydrogen-bond donors (Lipinski definition) is 1. The Morgan fingerprint density at radius 2 is 1.64 bits per heavy atom. The second-order valence-corrected chi connectivity index (χ2v) is 13.9. The first kappa shape index (κ1) is 36.3. The van der Waals surface area contributed by atoms with Crippen LogP contribution in [-0.2, 0) is 32.0 Å². The number of aliphatic carboxylic acids is 1. The number of ether oxygens (including phenoxy) is 4. The van der Waals surface area contributed by atoms with Crippen molar-refractivity contribution < 1.29 is 33.2 Å².